The molecule has 6 rings (SSSR count). The number of hydrogen-bond donors (Lipinski definition) is 0. The summed E-state index contributed by atoms with van der Waals surface area (Å²) in [7, 11) is 0. The van der Waals surface area contributed by atoms with Gasteiger partial charge < -0.3 is 0 Å². The molecule has 0 heteroatoms. The second-order valence-electron chi connectivity index (χ2n) is 7.39. The summed E-state index contributed by atoms with van der Waals surface area (Å²) in [6, 6.07) is 27.6. The lowest BCUT2D eigenvalue weighted by atomic mass is 9.70. The lowest BCUT2D eigenvalue weighted by Gasteiger charge is -2.32. The van der Waals surface area contributed by atoms with Crippen LogP contribution in [0.15, 0.2) is 72.8 Å². The van der Waals surface area contributed by atoms with Crippen molar-refractivity contribution in [1.29, 1.82) is 0 Å². The average Bonchev–Trinajstić information content (AvgIpc) is 3.19. The summed E-state index contributed by atoms with van der Waals surface area (Å²) in [5, 5.41) is 0. The summed E-state index contributed by atoms with van der Waals surface area (Å²) in [5.74, 6) is 1.19. The van der Waals surface area contributed by atoms with Crippen molar-refractivity contribution in [3.8, 4) is 0 Å². The Balaban J connectivity index is 1.72. The normalized spacial score (nSPS) is 28.7. The van der Waals surface area contributed by atoms with E-state index in [9.17, 15) is 0 Å². The molecule has 0 saturated carbocycles. The van der Waals surface area contributed by atoms with Gasteiger partial charge in [0.25, 0.3) is 0 Å². The minimum Gasteiger partial charge on any atom is -0.0620 e. The lowest BCUT2D eigenvalue weighted by molar-refractivity contribution is 0.388. The van der Waals surface area contributed by atoms with Crippen LogP contribution in [-0.4, -0.2) is 0 Å². The van der Waals surface area contributed by atoms with Crippen LogP contribution in [-0.2, 0) is 18.3 Å². The molecule has 0 saturated heterocycles. The molecule has 0 aliphatic heterocycles. The Kier molecular flexibility index (Phi) is 2.08. The van der Waals surface area contributed by atoms with Crippen molar-refractivity contribution in [2.45, 2.75) is 30.1 Å². The van der Waals surface area contributed by atoms with Gasteiger partial charge in [0.2, 0.25) is 0 Å². The molecule has 0 radical (unpaired) electrons. The highest BCUT2D eigenvalue weighted by Gasteiger charge is 2.61. The van der Waals surface area contributed by atoms with E-state index in [4.69, 9.17) is 0 Å². The molecule has 0 bridgehead atoms. The van der Waals surface area contributed by atoms with Crippen molar-refractivity contribution in [1.82, 2.24) is 0 Å². The van der Waals surface area contributed by atoms with Gasteiger partial charge in [-0.2, -0.15) is 0 Å². The molecule has 0 aromatic heterocycles. The number of hydrogen-bond acceptors (Lipinski definition) is 0. The van der Waals surface area contributed by atoms with Crippen LogP contribution in [0.4, 0.5) is 0 Å². The molecule has 0 unspecified atom stereocenters. The van der Waals surface area contributed by atoms with Gasteiger partial charge in [0.1, 0.15) is 0 Å². The van der Waals surface area contributed by atoms with Crippen LogP contribution in [0.5, 0.6) is 0 Å². The van der Waals surface area contributed by atoms with E-state index >= 15 is 0 Å². The van der Waals surface area contributed by atoms with Gasteiger partial charge in [-0.1, -0.05) is 72.8 Å². The third-order valence-electron chi connectivity index (χ3n) is 6.61. The van der Waals surface area contributed by atoms with E-state index in [1.165, 1.54) is 12.8 Å². The summed E-state index contributed by atoms with van der Waals surface area (Å²) in [6.45, 7) is 0. The molecule has 1 spiro atoms. The van der Waals surface area contributed by atoms with Crippen LogP contribution in [0.3, 0.4) is 0 Å². The minimum atomic E-state index is 0.268. The van der Waals surface area contributed by atoms with E-state index in [0.717, 1.165) is 0 Å². The van der Waals surface area contributed by atoms with E-state index < -0.39 is 0 Å². The first-order valence-corrected chi connectivity index (χ1v) is 8.64. The molecule has 3 aromatic rings. The predicted octanol–water partition coefficient (Wildman–Crippen LogP) is 4.97. The van der Waals surface area contributed by atoms with E-state index in [2.05, 4.69) is 72.8 Å². The van der Waals surface area contributed by atoms with E-state index in [1.807, 2.05) is 0 Å². The van der Waals surface area contributed by atoms with Crippen LogP contribution >= 0.6 is 0 Å². The third kappa shape index (κ3) is 1.26. The Labute approximate surface area is 136 Å². The van der Waals surface area contributed by atoms with Gasteiger partial charge in [0, 0.05) is 11.3 Å². The molecule has 3 aliphatic carbocycles. The Morgan fingerprint density at radius 1 is 0.652 bits per heavy atom. The highest BCUT2D eigenvalue weighted by molar-refractivity contribution is 5.65. The smallest absolute Gasteiger partial charge is 0.0201 e. The topological polar surface area (TPSA) is 0 Å². The molecule has 0 fully saturated rings. The van der Waals surface area contributed by atoms with Crippen LogP contribution < -0.4 is 0 Å². The highest BCUT2D eigenvalue weighted by atomic mass is 14.6. The summed E-state index contributed by atoms with van der Waals surface area (Å²) in [4.78, 5) is 0. The molecule has 23 heavy (non-hydrogen) atoms. The fraction of sp³-hybridized carbons (Fsp3) is 0.217. The monoisotopic (exact) mass is 294 g/mol. The Morgan fingerprint density at radius 2 is 1.30 bits per heavy atom. The van der Waals surface area contributed by atoms with Gasteiger partial charge in [0.15, 0.2) is 0 Å². The lowest BCUT2D eigenvalue weighted by Crippen LogP contribution is -2.29. The third-order valence-corrected chi connectivity index (χ3v) is 6.61. The first kappa shape index (κ1) is 12.1. The van der Waals surface area contributed by atoms with E-state index in [-0.39, 0.29) is 5.41 Å². The van der Waals surface area contributed by atoms with Crippen molar-refractivity contribution in [2.75, 3.05) is 0 Å². The van der Waals surface area contributed by atoms with E-state index in [0.29, 0.717) is 11.8 Å². The predicted molar refractivity (Wildman–Crippen MR) is 93.0 cm³/mol. The van der Waals surface area contributed by atoms with Crippen LogP contribution in [0, 0.1) is 0 Å². The van der Waals surface area contributed by atoms with Crippen LogP contribution in [0.25, 0.3) is 0 Å². The van der Waals surface area contributed by atoms with Gasteiger partial charge in [-0.25, -0.2) is 0 Å². The van der Waals surface area contributed by atoms with E-state index in [1.54, 1.807) is 33.4 Å². The summed E-state index contributed by atoms with van der Waals surface area (Å²) >= 11 is 0. The highest BCUT2D eigenvalue weighted by Crippen LogP contribution is 2.68. The minimum absolute atomic E-state index is 0.268. The molecule has 0 nitrogen and oxygen atoms in total. The number of fused-ring (bicyclic) bond motifs is 6. The van der Waals surface area contributed by atoms with Crippen LogP contribution in [0.2, 0.25) is 0 Å². The molecule has 0 amide bonds. The fourth-order valence-corrected chi connectivity index (χ4v) is 5.91. The zero-order chi connectivity index (χ0) is 15.0. The molecule has 0 N–H and O–H groups in total. The Hall–Kier alpha value is -2.34. The number of benzene rings is 3. The molecule has 110 valence electrons. The summed E-state index contributed by atoms with van der Waals surface area (Å²) < 4.78 is 0. The molecule has 3 aromatic carbocycles. The average molecular weight is 294 g/mol. The van der Waals surface area contributed by atoms with Crippen molar-refractivity contribution >= 4 is 0 Å². The van der Waals surface area contributed by atoms with Crippen molar-refractivity contribution in [3.63, 3.8) is 0 Å². The second-order valence-corrected chi connectivity index (χ2v) is 7.39. The van der Waals surface area contributed by atoms with Crippen molar-refractivity contribution in [2.24, 2.45) is 0 Å². The zero-order valence-electron chi connectivity index (χ0n) is 13.0. The first-order valence-electron chi connectivity index (χ1n) is 8.64. The van der Waals surface area contributed by atoms with Gasteiger partial charge in [0.05, 0.1) is 0 Å². The van der Waals surface area contributed by atoms with Gasteiger partial charge in [-0.05, 0) is 52.1 Å². The Bertz CT molecular complexity index is 952. The molecule has 3 atom stereocenters. The second kappa shape index (κ2) is 3.94. The molecular weight excluding hydrogens is 276 g/mol. The fourth-order valence-electron chi connectivity index (χ4n) is 5.91. The maximum Gasteiger partial charge on any atom is 0.0201 e. The Morgan fingerprint density at radius 3 is 2.17 bits per heavy atom. The zero-order valence-corrected chi connectivity index (χ0v) is 13.0. The SMILES string of the molecule is c1ccc2c(c1)C[C@@]13c4ccccc4C[C@H]1c1ccccc1[C@@H]23. The summed E-state index contributed by atoms with van der Waals surface area (Å²) in [5.41, 5.74) is 9.77. The van der Waals surface area contributed by atoms with Crippen molar-refractivity contribution in [3.05, 3.63) is 106 Å². The van der Waals surface area contributed by atoms with Gasteiger partial charge in [-0.15, -0.1) is 0 Å². The van der Waals surface area contributed by atoms with Crippen LogP contribution in [0.1, 0.15) is 45.2 Å². The molecular formula is C23H18. The maximum absolute atomic E-state index is 2.40. The molecule has 3 aliphatic rings. The maximum atomic E-state index is 2.40. The first-order chi connectivity index (χ1) is 11.4. The van der Waals surface area contributed by atoms with Gasteiger partial charge >= 0.3 is 0 Å². The van der Waals surface area contributed by atoms with Crippen molar-refractivity contribution < 1.29 is 0 Å². The molecule has 0 heterocycles. The largest absolute Gasteiger partial charge is 0.0620 e. The summed E-state index contributed by atoms with van der Waals surface area (Å²) in [6.07, 6.45) is 2.40. The number of rotatable bonds is 0. The standard InChI is InChI=1S/C23H18/c1-3-9-17-16(8-1)14-23-20-12-6-2-7-15(20)13-21(23)18-10-4-5-11-19(18)22(17)23/h1-12,21-22H,13-14H2/t21-,22+,23+/m0/s1. The van der Waals surface area contributed by atoms with Gasteiger partial charge in [-0.3, -0.25) is 0 Å². The quantitative estimate of drug-likeness (QED) is 0.549.